The van der Waals surface area contributed by atoms with Crippen LogP contribution >= 0.6 is 11.6 Å². The lowest BCUT2D eigenvalue weighted by Gasteiger charge is -2.23. The number of nitrogens with zero attached hydrogens (tertiary/aromatic N) is 4. The van der Waals surface area contributed by atoms with Gasteiger partial charge in [0.15, 0.2) is 29.2 Å². The smallest absolute Gasteiger partial charge is 0.456 e. The average molecular weight is 439 g/mol. The normalized spacial score (nSPS) is 24.6. The summed E-state index contributed by atoms with van der Waals surface area (Å²) < 4.78 is 58.6. The number of alkyl halides is 3. The highest BCUT2D eigenvalue weighted by Crippen LogP contribution is 2.37. The van der Waals surface area contributed by atoms with Crippen LogP contribution in [-0.2, 0) is 28.5 Å². The molecule has 1 fully saturated rings. The first kappa shape index (κ1) is 21.2. The van der Waals surface area contributed by atoms with Crippen LogP contribution in [0.4, 0.5) is 13.2 Å². The number of esters is 2. The van der Waals surface area contributed by atoms with Crippen LogP contribution in [0.25, 0.3) is 11.2 Å². The van der Waals surface area contributed by atoms with E-state index in [-0.39, 0.29) is 16.3 Å². The van der Waals surface area contributed by atoms with Gasteiger partial charge in [0.25, 0.3) is 0 Å². The predicted octanol–water partition coefficient (Wildman–Crippen LogP) is 1.78. The van der Waals surface area contributed by atoms with Gasteiger partial charge in [0.2, 0.25) is 0 Å². The molecule has 4 atom stereocenters. The van der Waals surface area contributed by atoms with Gasteiger partial charge in [-0.15, -0.1) is 13.2 Å². The van der Waals surface area contributed by atoms with E-state index in [4.69, 9.17) is 25.8 Å². The van der Waals surface area contributed by atoms with Crippen molar-refractivity contribution < 1.29 is 41.7 Å². The van der Waals surface area contributed by atoms with E-state index in [0.717, 1.165) is 20.2 Å². The Kier molecular flexibility index (Phi) is 5.91. The van der Waals surface area contributed by atoms with Gasteiger partial charge in [-0.1, -0.05) is 11.6 Å². The van der Waals surface area contributed by atoms with Gasteiger partial charge in [0.05, 0.1) is 12.9 Å². The molecule has 10 nitrogen and oxygen atoms in total. The SMILES string of the molecule is CC(=O)O[C@@H]1[C@H](OC(C)=O)[C@@H](COC(F)(F)F)O[C@H]1n1cnc2c(Cl)ncnc21. The molecule has 0 bridgehead atoms. The largest absolute Gasteiger partial charge is 0.522 e. The fourth-order valence-electron chi connectivity index (χ4n) is 2.90. The van der Waals surface area contributed by atoms with Crippen molar-refractivity contribution in [2.45, 2.75) is 44.7 Å². The molecule has 29 heavy (non-hydrogen) atoms. The maximum atomic E-state index is 12.5. The number of hydrogen-bond donors (Lipinski definition) is 0. The predicted molar refractivity (Wildman–Crippen MR) is 87.4 cm³/mol. The van der Waals surface area contributed by atoms with Gasteiger partial charge in [-0.25, -0.2) is 15.0 Å². The Morgan fingerprint density at radius 1 is 1.17 bits per heavy atom. The molecule has 0 amide bonds. The third-order valence-corrected chi connectivity index (χ3v) is 4.17. The number of halogens is 4. The molecule has 0 spiro atoms. The average Bonchev–Trinajstić information content (AvgIpc) is 3.15. The number of fused-ring (bicyclic) bond motifs is 1. The molecule has 2 aromatic heterocycles. The number of imidazole rings is 1. The van der Waals surface area contributed by atoms with Crippen molar-refractivity contribution in [3.05, 3.63) is 17.8 Å². The molecule has 2 aromatic rings. The van der Waals surface area contributed by atoms with E-state index in [1.54, 1.807) is 0 Å². The molecule has 0 radical (unpaired) electrons. The quantitative estimate of drug-likeness (QED) is 0.508. The Morgan fingerprint density at radius 2 is 1.83 bits per heavy atom. The molecule has 14 heteroatoms. The number of ether oxygens (including phenoxy) is 4. The summed E-state index contributed by atoms with van der Waals surface area (Å²) in [5.41, 5.74) is 0.365. The van der Waals surface area contributed by atoms with Gasteiger partial charge in [0.1, 0.15) is 17.9 Å². The van der Waals surface area contributed by atoms with Gasteiger partial charge in [-0.2, -0.15) is 0 Å². The van der Waals surface area contributed by atoms with Gasteiger partial charge in [-0.05, 0) is 0 Å². The molecular formula is C15H14ClF3N4O6. The minimum Gasteiger partial charge on any atom is -0.456 e. The van der Waals surface area contributed by atoms with Crippen molar-refractivity contribution >= 4 is 34.7 Å². The van der Waals surface area contributed by atoms with E-state index in [9.17, 15) is 22.8 Å². The van der Waals surface area contributed by atoms with Crippen LogP contribution in [-0.4, -0.2) is 62.7 Å². The summed E-state index contributed by atoms with van der Waals surface area (Å²) in [6.45, 7) is 1.14. The Bertz CT molecular complexity index is 923. The van der Waals surface area contributed by atoms with Crippen LogP contribution in [0, 0.1) is 0 Å². The standard InChI is InChI=1S/C15H14ClF3N4O6/c1-6(24)27-10-8(3-26-15(17,18)19)29-14(11(10)28-7(2)25)23-5-22-9-12(16)20-4-21-13(9)23/h4-5,8,10-11,14H,3H2,1-2H3/t8-,10-,11-,14-/m1/s1. The minimum atomic E-state index is -4.94. The van der Waals surface area contributed by atoms with Crippen LogP contribution in [0.3, 0.4) is 0 Å². The first-order valence-electron chi connectivity index (χ1n) is 8.10. The van der Waals surface area contributed by atoms with Gasteiger partial charge in [0, 0.05) is 13.8 Å². The van der Waals surface area contributed by atoms with Crippen molar-refractivity contribution in [2.75, 3.05) is 6.61 Å². The maximum Gasteiger partial charge on any atom is 0.522 e. The number of carbonyl (C=O) groups excluding carboxylic acids is 2. The van der Waals surface area contributed by atoms with Crippen molar-refractivity contribution in [2.24, 2.45) is 0 Å². The topological polar surface area (TPSA) is 115 Å². The second-order valence-corrected chi connectivity index (χ2v) is 6.32. The zero-order valence-electron chi connectivity index (χ0n) is 14.9. The van der Waals surface area contributed by atoms with E-state index in [1.165, 1.54) is 10.9 Å². The molecule has 3 rings (SSSR count). The van der Waals surface area contributed by atoms with Gasteiger partial charge >= 0.3 is 18.3 Å². The summed E-state index contributed by atoms with van der Waals surface area (Å²) in [5, 5.41) is 0.0317. The van der Waals surface area contributed by atoms with Crippen LogP contribution < -0.4 is 0 Å². The van der Waals surface area contributed by atoms with Crippen molar-refractivity contribution in [1.82, 2.24) is 19.5 Å². The second kappa shape index (κ2) is 8.08. The zero-order valence-corrected chi connectivity index (χ0v) is 15.7. The first-order chi connectivity index (χ1) is 13.6. The lowest BCUT2D eigenvalue weighted by Crippen LogP contribution is -2.41. The maximum absolute atomic E-state index is 12.5. The fourth-order valence-corrected chi connectivity index (χ4v) is 3.08. The molecule has 0 aliphatic carbocycles. The molecular weight excluding hydrogens is 425 g/mol. The van der Waals surface area contributed by atoms with Crippen LogP contribution in [0.5, 0.6) is 0 Å². The van der Waals surface area contributed by atoms with E-state index in [0.29, 0.717) is 0 Å². The molecule has 0 aromatic carbocycles. The Morgan fingerprint density at radius 3 is 2.45 bits per heavy atom. The lowest BCUT2D eigenvalue weighted by atomic mass is 10.1. The summed E-state index contributed by atoms with van der Waals surface area (Å²) in [7, 11) is 0. The number of aromatic nitrogens is 4. The highest BCUT2D eigenvalue weighted by molar-refractivity contribution is 6.33. The van der Waals surface area contributed by atoms with E-state index < -0.39 is 49.4 Å². The molecule has 158 valence electrons. The molecule has 3 heterocycles. The highest BCUT2D eigenvalue weighted by atomic mass is 35.5. The Balaban J connectivity index is 1.99. The summed E-state index contributed by atoms with van der Waals surface area (Å²) in [6.07, 6.45) is -7.85. The summed E-state index contributed by atoms with van der Waals surface area (Å²) in [4.78, 5) is 34.9. The third kappa shape index (κ3) is 4.74. The Labute approximate surface area is 165 Å². The van der Waals surface area contributed by atoms with Crippen LogP contribution in [0.15, 0.2) is 12.7 Å². The summed E-state index contributed by atoms with van der Waals surface area (Å²) in [6, 6.07) is 0. The first-order valence-corrected chi connectivity index (χ1v) is 8.48. The Hall–Kier alpha value is -2.51. The van der Waals surface area contributed by atoms with E-state index in [1.807, 2.05) is 0 Å². The highest BCUT2D eigenvalue weighted by Gasteiger charge is 2.51. The van der Waals surface area contributed by atoms with Crippen LogP contribution in [0.1, 0.15) is 20.1 Å². The molecule has 1 saturated heterocycles. The van der Waals surface area contributed by atoms with Crippen LogP contribution in [0.2, 0.25) is 5.15 Å². The third-order valence-electron chi connectivity index (χ3n) is 3.89. The van der Waals surface area contributed by atoms with E-state index in [2.05, 4.69) is 19.7 Å². The number of hydrogen-bond acceptors (Lipinski definition) is 9. The van der Waals surface area contributed by atoms with E-state index >= 15 is 0 Å². The van der Waals surface area contributed by atoms with Crippen molar-refractivity contribution in [1.29, 1.82) is 0 Å². The number of rotatable bonds is 5. The lowest BCUT2D eigenvalue weighted by molar-refractivity contribution is -0.333. The molecule has 1 aliphatic heterocycles. The van der Waals surface area contributed by atoms with Crippen molar-refractivity contribution in [3.8, 4) is 0 Å². The minimum absolute atomic E-state index is 0.0317. The summed E-state index contributed by atoms with van der Waals surface area (Å²) >= 11 is 5.96. The zero-order chi connectivity index (χ0) is 21.3. The summed E-state index contributed by atoms with van der Waals surface area (Å²) in [5.74, 6) is -1.58. The molecule has 0 saturated carbocycles. The monoisotopic (exact) mass is 438 g/mol. The fraction of sp³-hybridized carbons (Fsp3) is 0.533. The molecule has 1 aliphatic rings. The second-order valence-electron chi connectivity index (χ2n) is 5.96. The molecule has 0 unspecified atom stereocenters. The van der Waals surface area contributed by atoms with Gasteiger partial charge < -0.3 is 14.2 Å². The van der Waals surface area contributed by atoms with Gasteiger partial charge in [-0.3, -0.25) is 18.9 Å². The molecule has 0 N–H and O–H groups in total. The van der Waals surface area contributed by atoms with Crippen molar-refractivity contribution in [3.63, 3.8) is 0 Å². The number of carbonyl (C=O) groups is 2.